The molecule has 6 nitrogen and oxygen atoms in total. The molecule has 0 atom stereocenters. The molecule has 0 aliphatic heterocycles. The van der Waals surface area contributed by atoms with E-state index in [-0.39, 0.29) is 12.5 Å². The molecule has 0 unspecified atom stereocenters. The van der Waals surface area contributed by atoms with Gasteiger partial charge < -0.3 is 24.1 Å². The first-order valence-corrected chi connectivity index (χ1v) is 8.69. The first-order valence-electron chi connectivity index (χ1n) is 7.90. The highest BCUT2D eigenvalue weighted by atomic mass is 79.9. The Hall–Kier alpha value is -2.67. The zero-order chi connectivity index (χ0) is 18.7. The van der Waals surface area contributed by atoms with Crippen molar-refractivity contribution in [1.82, 2.24) is 4.57 Å². The summed E-state index contributed by atoms with van der Waals surface area (Å²) in [7, 11) is 4.60. The van der Waals surface area contributed by atoms with Crippen molar-refractivity contribution in [3.8, 4) is 17.2 Å². The van der Waals surface area contributed by atoms with Gasteiger partial charge in [0.25, 0.3) is 0 Å². The van der Waals surface area contributed by atoms with Crippen LogP contribution in [0.25, 0.3) is 10.9 Å². The van der Waals surface area contributed by atoms with Crippen LogP contribution in [0.1, 0.15) is 0 Å². The maximum atomic E-state index is 12.5. The fourth-order valence-corrected chi connectivity index (χ4v) is 3.15. The zero-order valence-electron chi connectivity index (χ0n) is 14.7. The van der Waals surface area contributed by atoms with Crippen LogP contribution in [0, 0.1) is 0 Å². The second kappa shape index (κ2) is 7.70. The lowest BCUT2D eigenvalue weighted by Gasteiger charge is -2.15. The van der Waals surface area contributed by atoms with Crippen LogP contribution in [0.4, 0.5) is 5.69 Å². The molecule has 2 aromatic carbocycles. The highest BCUT2D eigenvalue weighted by Crippen LogP contribution is 2.39. The molecule has 0 radical (unpaired) electrons. The Balaban J connectivity index is 1.82. The molecule has 26 heavy (non-hydrogen) atoms. The predicted molar refractivity (Wildman–Crippen MR) is 104 cm³/mol. The average molecular weight is 419 g/mol. The van der Waals surface area contributed by atoms with Gasteiger partial charge in [-0.3, -0.25) is 4.79 Å². The number of anilines is 1. The van der Waals surface area contributed by atoms with Crippen molar-refractivity contribution < 1.29 is 19.0 Å². The third-order valence-corrected chi connectivity index (χ3v) is 4.49. The number of fused-ring (bicyclic) bond motifs is 1. The van der Waals surface area contributed by atoms with E-state index in [2.05, 4.69) is 21.2 Å². The van der Waals surface area contributed by atoms with Crippen LogP contribution in [0.5, 0.6) is 17.2 Å². The summed E-state index contributed by atoms with van der Waals surface area (Å²) in [6, 6.07) is 11.3. The summed E-state index contributed by atoms with van der Waals surface area (Å²) >= 11 is 3.46. The van der Waals surface area contributed by atoms with Crippen molar-refractivity contribution >= 4 is 38.4 Å². The van der Waals surface area contributed by atoms with E-state index in [0.717, 1.165) is 15.4 Å². The Labute approximate surface area is 159 Å². The standard InChI is InChI=1S/C19H19BrN2O4/c1-24-16-9-14(10-17(25-2)19(16)26-3)21-18(23)11-22-7-6-12-4-5-13(20)8-15(12)22/h4-10H,11H2,1-3H3,(H,21,23). The summed E-state index contributed by atoms with van der Waals surface area (Å²) < 4.78 is 18.8. The first kappa shape index (κ1) is 18.1. The number of ether oxygens (including phenoxy) is 3. The van der Waals surface area contributed by atoms with Gasteiger partial charge in [-0.1, -0.05) is 22.0 Å². The molecule has 0 saturated heterocycles. The minimum atomic E-state index is -0.156. The van der Waals surface area contributed by atoms with E-state index in [1.54, 1.807) is 12.1 Å². The number of amides is 1. The molecule has 1 heterocycles. The van der Waals surface area contributed by atoms with Gasteiger partial charge in [-0.2, -0.15) is 0 Å². The fraction of sp³-hybridized carbons (Fsp3) is 0.211. The number of halogens is 1. The molecule has 136 valence electrons. The van der Waals surface area contributed by atoms with Crippen LogP contribution < -0.4 is 19.5 Å². The second-order valence-electron chi connectivity index (χ2n) is 5.61. The minimum absolute atomic E-state index is 0.156. The third kappa shape index (κ3) is 3.62. The van der Waals surface area contributed by atoms with E-state index in [4.69, 9.17) is 14.2 Å². The summed E-state index contributed by atoms with van der Waals surface area (Å²) in [5.74, 6) is 1.29. The van der Waals surface area contributed by atoms with Crippen LogP contribution >= 0.6 is 15.9 Å². The highest BCUT2D eigenvalue weighted by Gasteiger charge is 2.15. The van der Waals surface area contributed by atoms with Gasteiger partial charge in [0.15, 0.2) is 11.5 Å². The Morgan fingerprint density at radius 3 is 2.35 bits per heavy atom. The highest BCUT2D eigenvalue weighted by molar-refractivity contribution is 9.10. The van der Waals surface area contributed by atoms with Crippen LogP contribution in [0.15, 0.2) is 47.1 Å². The number of carbonyl (C=O) groups is 1. The van der Waals surface area contributed by atoms with Gasteiger partial charge in [0, 0.05) is 34.0 Å². The van der Waals surface area contributed by atoms with Gasteiger partial charge >= 0.3 is 0 Å². The summed E-state index contributed by atoms with van der Waals surface area (Å²) in [6.07, 6.45) is 1.89. The zero-order valence-corrected chi connectivity index (χ0v) is 16.3. The molecule has 7 heteroatoms. The molecule has 1 aromatic heterocycles. The number of benzene rings is 2. The molecular weight excluding hydrogens is 400 g/mol. The molecule has 0 bridgehead atoms. The van der Waals surface area contributed by atoms with Crippen molar-refractivity contribution in [2.45, 2.75) is 6.54 Å². The van der Waals surface area contributed by atoms with Gasteiger partial charge in [0.2, 0.25) is 11.7 Å². The molecule has 0 saturated carbocycles. The maximum Gasteiger partial charge on any atom is 0.244 e. The maximum absolute atomic E-state index is 12.5. The lowest BCUT2D eigenvalue weighted by molar-refractivity contribution is -0.116. The number of carbonyl (C=O) groups excluding carboxylic acids is 1. The number of aromatic nitrogens is 1. The van der Waals surface area contributed by atoms with Crippen molar-refractivity contribution in [2.75, 3.05) is 26.6 Å². The number of hydrogen-bond donors (Lipinski definition) is 1. The normalized spacial score (nSPS) is 10.6. The quantitative estimate of drug-likeness (QED) is 0.655. The van der Waals surface area contributed by atoms with Crippen LogP contribution in [-0.4, -0.2) is 31.8 Å². The summed E-state index contributed by atoms with van der Waals surface area (Å²) in [5, 5.41) is 3.95. The Morgan fingerprint density at radius 1 is 1.04 bits per heavy atom. The van der Waals surface area contributed by atoms with Crippen LogP contribution in [0.3, 0.4) is 0 Å². The molecule has 0 spiro atoms. The van der Waals surface area contributed by atoms with Crippen molar-refractivity contribution in [3.05, 3.63) is 47.1 Å². The minimum Gasteiger partial charge on any atom is -0.493 e. The number of methoxy groups -OCH3 is 3. The molecule has 0 aliphatic carbocycles. The Morgan fingerprint density at radius 2 is 1.73 bits per heavy atom. The summed E-state index contributed by atoms with van der Waals surface area (Å²) in [4.78, 5) is 12.5. The lowest BCUT2D eigenvalue weighted by Crippen LogP contribution is -2.18. The fourth-order valence-electron chi connectivity index (χ4n) is 2.80. The van der Waals surface area contributed by atoms with Gasteiger partial charge in [-0.25, -0.2) is 0 Å². The Kier molecular flexibility index (Phi) is 5.37. The molecule has 3 rings (SSSR count). The van der Waals surface area contributed by atoms with Crippen LogP contribution in [-0.2, 0) is 11.3 Å². The SMILES string of the molecule is COc1cc(NC(=O)Cn2ccc3ccc(Br)cc32)cc(OC)c1OC. The molecule has 1 amide bonds. The van der Waals surface area contributed by atoms with Gasteiger partial charge in [0.1, 0.15) is 6.54 Å². The monoisotopic (exact) mass is 418 g/mol. The molecule has 0 fully saturated rings. The first-order chi connectivity index (χ1) is 12.5. The second-order valence-corrected chi connectivity index (χ2v) is 6.52. The van der Waals surface area contributed by atoms with E-state index in [9.17, 15) is 4.79 Å². The van der Waals surface area contributed by atoms with Crippen LogP contribution in [0.2, 0.25) is 0 Å². The summed E-state index contributed by atoms with van der Waals surface area (Å²) in [5.41, 5.74) is 1.56. The van der Waals surface area contributed by atoms with E-state index in [1.807, 2.05) is 35.0 Å². The molecular formula is C19H19BrN2O4. The van der Waals surface area contributed by atoms with E-state index in [1.165, 1.54) is 21.3 Å². The molecule has 0 aliphatic rings. The topological polar surface area (TPSA) is 61.7 Å². The van der Waals surface area contributed by atoms with Crippen molar-refractivity contribution in [1.29, 1.82) is 0 Å². The van der Waals surface area contributed by atoms with E-state index >= 15 is 0 Å². The predicted octanol–water partition coefficient (Wildman–Crippen LogP) is 4.07. The molecule has 1 N–H and O–H groups in total. The Bertz CT molecular complexity index is 927. The van der Waals surface area contributed by atoms with Crippen molar-refractivity contribution in [2.24, 2.45) is 0 Å². The number of nitrogens with one attached hydrogen (secondary N) is 1. The number of hydrogen-bond acceptors (Lipinski definition) is 4. The van der Waals surface area contributed by atoms with E-state index in [0.29, 0.717) is 22.9 Å². The van der Waals surface area contributed by atoms with Gasteiger partial charge in [-0.15, -0.1) is 0 Å². The largest absolute Gasteiger partial charge is 0.493 e. The third-order valence-electron chi connectivity index (χ3n) is 4.00. The van der Waals surface area contributed by atoms with E-state index < -0.39 is 0 Å². The summed E-state index contributed by atoms with van der Waals surface area (Å²) in [6.45, 7) is 0.191. The molecule has 3 aromatic rings. The smallest absolute Gasteiger partial charge is 0.244 e. The van der Waals surface area contributed by atoms with Gasteiger partial charge in [0.05, 0.1) is 21.3 Å². The lowest BCUT2D eigenvalue weighted by atomic mass is 10.2. The number of rotatable bonds is 6. The number of nitrogens with zero attached hydrogens (tertiary/aromatic N) is 1. The van der Waals surface area contributed by atoms with Gasteiger partial charge in [-0.05, 0) is 23.6 Å². The average Bonchev–Trinajstić information content (AvgIpc) is 3.02. The van der Waals surface area contributed by atoms with Crippen molar-refractivity contribution in [3.63, 3.8) is 0 Å².